The fourth-order valence-electron chi connectivity index (χ4n) is 2.26. The number of nitrogens with one attached hydrogen (secondary N) is 2. The van der Waals surface area contributed by atoms with E-state index in [0.29, 0.717) is 16.4 Å². The number of halogens is 1. The number of hydrogen-bond acceptors (Lipinski definition) is 5. The lowest BCUT2D eigenvalue weighted by Crippen LogP contribution is -2.44. The number of carbonyl (C=O) groups is 2. The van der Waals surface area contributed by atoms with E-state index in [0.717, 1.165) is 11.8 Å². The average Bonchev–Trinajstić information content (AvgIpc) is 2.58. The van der Waals surface area contributed by atoms with E-state index in [9.17, 15) is 18.0 Å². The second kappa shape index (κ2) is 8.96. The normalized spacial score (nSPS) is 12.3. The Morgan fingerprint density at radius 1 is 1.19 bits per heavy atom. The summed E-state index contributed by atoms with van der Waals surface area (Å²) in [6.45, 7) is 1.85. The summed E-state index contributed by atoms with van der Waals surface area (Å²) in [6.07, 6.45) is 2.56. The molecule has 0 aliphatic carbocycles. The summed E-state index contributed by atoms with van der Waals surface area (Å²) in [5, 5.41) is 5.65. The summed E-state index contributed by atoms with van der Waals surface area (Å²) in [5.41, 5.74) is 1.21. The number of hydrogen-bond donors (Lipinski definition) is 2. The van der Waals surface area contributed by atoms with E-state index in [1.54, 1.807) is 30.5 Å². The molecule has 1 aromatic carbocycles. The van der Waals surface area contributed by atoms with Gasteiger partial charge in [-0.1, -0.05) is 11.6 Å². The minimum atomic E-state index is -3.30. The second-order valence-electron chi connectivity index (χ2n) is 6.16. The SMILES string of the molecule is Cc1ccnc(NC(=O)C(CCS(C)(=O)=O)NC(=O)c2ccc(Cl)cc2)c1. The molecule has 0 saturated heterocycles. The molecule has 9 heteroatoms. The van der Waals surface area contributed by atoms with Crippen LogP contribution in [0.4, 0.5) is 5.82 Å². The summed E-state index contributed by atoms with van der Waals surface area (Å²) >= 11 is 5.81. The lowest BCUT2D eigenvalue weighted by Gasteiger charge is -2.18. The van der Waals surface area contributed by atoms with Gasteiger partial charge in [0, 0.05) is 23.0 Å². The maximum Gasteiger partial charge on any atom is 0.251 e. The Balaban J connectivity index is 2.15. The number of amides is 2. The second-order valence-corrected chi connectivity index (χ2v) is 8.86. The van der Waals surface area contributed by atoms with Gasteiger partial charge in [0.25, 0.3) is 5.91 Å². The highest BCUT2D eigenvalue weighted by atomic mass is 35.5. The first-order valence-electron chi connectivity index (χ1n) is 8.12. The van der Waals surface area contributed by atoms with Crippen LogP contribution in [0.1, 0.15) is 22.3 Å². The Bertz CT molecular complexity index is 930. The van der Waals surface area contributed by atoms with Crippen LogP contribution in [0.15, 0.2) is 42.6 Å². The van der Waals surface area contributed by atoms with Crippen molar-refractivity contribution in [3.63, 3.8) is 0 Å². The third-order valence-electron chi connectivity index (χ3n) is 3.67. The quantitative estimate of drug-likeness (QED) is 0.729. The topological polar surface area (TPSA) is 105 Å². The van der Waals surface area contributed by atoms with Gasteiger partial charge < -0.3 is 10.6 Å². The number of rotatable bonds is 7. The molecular formula is C18H20ClN3O4S. The molecule has 0 radical (unpaired) electrons. The van der Waals surface area contributed by atoms with Gasteiger partial charge in [-0.15, -0.1) is 0 Å². The molecule has 2 rings (SSSR count). The van der Waals surface area contributed by atoms with Gasteiger partial charge in [-0.05, 0) is 55.3 Å². The monoisotopic (exact) mass is 409 g/mol. The molecule has 2 N–H and O–H groups in total. The molecule has 0 bridgehead atoms. The van der Waals surface area contributed by atoms with Crippen molar-refractivity contribution >= 4 is 39.1 Å². The molecule has 0 spiro atoms. The predicted molar refractivity (Wildman–Crippen MR) is 105 cm³/mol. The molecule has 1 atom stereocenters. The molecule has 0 aliphatic heterocycles. The highest BCUT2D eigenvalue weighted by Gasteiger charge is 2.23. The van der Waals surface area contributed by atoms with Gasteiger partial charge in [-0.2, -0.15) is 0 Å². The van der Waals surface area contributed by atoms with Crippen molar-refractivity contribution in [1.29, 1.82) is 0 Å². The van der Waals surface area contributed by atoms with Crippen LogP contribution in [-0.2, 0) is 14.6 Å². The van der Waals surface area contributed by atoms with E-state index in [-0.39, 0.29) is 12.2 Å². The Hall–Kier alpha value is -2.45. The van der Waals surface area contributed by atoms with Crippen molar-refractivity contribution < 1.29 is 18.0 Å². The zero-order valence-electron chi connectivity index (χ0n) is 14.9. The zero-order chi connectivity index (χ0) is 20.0. The number of aromatic nitrogens is 1. The Morgan fingerprint density at radius 3 is 2.44 bits per heavy atom. The number of benzene rings is 1. The minimum Gasteiger partial charge on any atom is -0.340 e. The van der Waals surface area contributed by atoms with Crippen molar-refractivity contribution in [3.05, 3.63) is 58.7 Å². The molecule has 2 amide bonds. The van der Waals surface area contributed by atoms with Crippen molar-refractivity contribution in [2.45, 2.75) is 19.4 Å². The number of pyridine rings is 1. The summed E-state index contributed by atoms with van der Waals surface area (Å²) in [7, 11) is -3.30. The van der Waals surface area contributed by atoms with Gasteiger partial charge in [0.2, 0.25) is 5.91 Å². The van der Waals surface area contributed by atoms with Gasteiger partial charge in [0.1, 0.15) is 21.7 Å². The highest BCUT2D eigenvalue weighted by molar-refractivity contribution is 7.90. The molecule has 1 unspecified atom stereocenters. The van der Waals surface area contributed by atoms with Gasteiger partial charge >= 0.3 is 0 Å². The van der Waals surface area contributed by atoms with Crippen molar-refractivity contribution in [3.8, 4) is 0 Å². The van der Waals surface area contributed by atoms with E-state index < -0.39 is 27.7 Å². The summed E-state index contributed by atoms with van der Waals surface area (Å²) in [4.78, 5) is 29.0. The van der Waals surface area contributed by atoms with Gasteiger partial charge in [0.15, 0.2) is 0 Å². The molecule has 0 aliphatic rings. The van der Waals surface area contributed by atoms with Crippen LogP contribution in [-0.4, -0.2) is 43.3 Å². The van der Waals surface area contributed by atoms with Crippen LogP contribution in [0.3, 0.4) is 0 Å². The van der Waals surface area contributed by atoms with Gasteiger partial charge in [-0.25, -0.2) is 13.4 Å². The van der Waals surface area contributed by atoms with Crippen molar-refractivity contribution in [2.24, 2.45) is 0 Å². The number of aryl methyl sites for hydroxylation is 1. The van der Waals surface area contributed by atoms with Crippen molar-refractivity contribution in [2.75, 3.05) is 17.3 Å². The molecule has 0 fully saturated rings. The van der Waals surface area contributed by atoms with E-state index in [2.05, 4.69) is 15.6 Å². The third-order valence-corrected chi connectivity index (χ3v) is 4.90. The van der Waals surface area contributed by atoms with Crippen LogP contribution in [0.25, 0.3) is 0 Å². The number of anilines is 1. The van der Waals surface area contributed by atoms with Gasteiger partial charge in [0.05, 0.1) is 5.75 Å². The van der Waals surface area contributed by atoms with E-state index in [4.69, 9.17) is 11.6 Å². The largest absolute Gasteiger partial charge is 0.340 e. The van der Waals surface area contributed by atoms with E-state index in [1.165, 1.54) is 12.1 Å². The number of nitrogens with zero attached hydrogens (tertiary/aromatic N) is 1. The predicted octanol–water partition coefficient (Wildman–Crippen LogP) is 2.22. The maximum atomic E-state index is 12.6. The highest BCUT2D eigenvalue weighted by Crippen LogP contribution is 2.11. The van der Waals surface area contributed by atoms with Crippen LogP contribution >= 0.6 is 11.6 Å². The molecule has 2 aromatic rings. The minimum absolute atomic E-state index is 0.0597. The van der Waals surface area contributed by atoms with Crippen LogP contribution < -0.4 is 10.6 Å². The summed E-state index contributed by atoms with van der Waals surface area (Å²) in [6, 6.07) is 8.56. The molecule has 0 saturated carbocycles. The Kier molecular flexibility index (Phi) is 6.92. The molecular weight excluding hydrogens is 390 g/mol. The number of sulfone groups is 1. The molecule has 1 heterocycles. The zero-order valence-corrected chi connectivity index (χ0v) is 16.5. The lowest BCUT2D eigenvalue weighted by molar-refractivity contribution is -0.118. The molecule has 1 aromatic heterocycles. The van der Waals surface area contributed by atoms with E-state index >= 15 is 0 Å². The first-order valence-corrected chi connectivity index (χ1v) is 10.6. The fraction of sp³-hybridized carbons (Fsp3) is 0.278. The van der Waals surface area contributed by atoms with Crippen LogP contribution in [0.5, 0.6) is 0 Å². The molecule has 144 valence electrons. The summed E-state index contributed by atoms with van der Waals surface area (Å²) < 4.78 is 23.0. The third kappa shape index (κ3) is 6.99. The van der Waals surface area contributed by atoms with Crippen LogP contribution in [0.2, 0.25) is 5.02 Å². The number of carbonyl (C=O) groups excluding carboxylic acids is 2. The lowest BCUT2D eigenvalue weighted by atomic mass is 10.1. The first-order chi connectivity index (χ1) is 12.6. The summed E-state index contributed by atoms with van der Waals surface area (Å²) in [5.74, 6) is -0.963. The maximum absolute atomic E-state index is 12.6. The Labute approximate surface area is 163 Å². The average molecular weight is 410 g/mol. The molecule has 7 nitrogen and oxygen atoms in total. The van der Waals surface area contributed by atoms with Gasteiger partial charge in [-0.3, -0.25) is 9.59 Å². The van der Waals surface area contributed by atoms with Crippen molar-refractivity contribution in [1.82, 2.24) is 10.3 Å². The first kappa shape index (κ1) is 20.9. The standard InChI is InChI=1S/C18H20ClN3O4S/c1-12-7-9-20-16(11-12)22-18(24)15(8-10-27(2,25)26)21-17(23)13-3-5-14(19)6-4-13/h3-7,9,11,15H,8,10H2,1-2H3,(H,21,23)(H,20,22,24). The Morgan fingerprint density at radius 2 is 1.85 bits per heavy atom. The fourth-order valence-corrected chi connectivity index (χ4v) is 3.05. The molecule has 27 heavy (non-hydrogen) atoms. The smallest absolute Gasteiger partial charge is 0.251 e. The van der Waals surface area contributed by atoms with Crippen LogP contribution in [0, 0.1) is 6.92 Å². The van der Waals surface area contributed by atoms with E-state index in [1.807, 2.05) is 6.92 Å².